The molecule has 0 saturated carbocycles. The van der Waals surface area contributed by atoms with Crippen LogP contribution in [0.4, 0.5) is 16.2 Å². The standard InChI is InChI=1S/C18H18ClN5O3S/c19-15-3-1-2-13(8-15)12-28(26,27)24-17-6-4-16(5-7-17)23-18(25)20-9-14-10-21-22-11-14/h1-8,10-11,24H,9,12H2,(H,21,22)(H2,20,23,25). The number of hydrogen-bond acceptors (Lipinski definition) is 4. The molecule has 1 heterocycles. The monoisotopic (exact) mass is 419 g/mol. The number of anilines is 2. The van der Waals surface area contributed by atoms with Crippen LogP contribution in [0, 0.1) is 0 Å². The number of aromatic nitrogens is 2. The third-order valence-electron chi connectivity index (χ3n) is 3.67. The van der Waals surface area contributed by atoms with Gasteiger partial charge in [-0.2, -0.15) is 5.10 Å². The average molecular weight is 420 g/mol. The highest BCUT2D eigenvalue weighted by molar-refractivity contribution is 7.91. The highest BCUT2D eigenvalue weighted by Crippen LogP contribution is 2.18. The number of rotatable bonds is 7. The maximum Gasteiger partial charge on any atom is 0.319 e. The Bertz CT molecular complexity index is 1040. The Morgan fingerprint density at radius 1 is 1.07 bits per heavy atom. The normalized spacial score (nSPS) is 11.0. The molecule has 0 radical (unpaired) electrons. The Kier molecular flexibility index (Phi) is 6.17. The SMILES string of the molecule is O=C(NCc1cn[nH]c1)Nc1ccc(NS(=O)(=O)Cc2cccc(Cl)c2)cc1. The summed E-state index contributed by atoms with van der Waals surface area (Å²) in [6.45, 7) is 0.337. The number of benzene rings is 2. The number of hydrogen-bond donors (Lipinski definition) is 4. The number of sulfonamides is 1. The molecule has 146 valence electrons. The van der Waals surface area contributed by atoms with Gasteiger partial charge in [-0.05, 0) is 42.0 Å². The molecule has 10 heteroatoms. The number of nitrogens with one attached hydrogen (secondary N) is 4. The van der Waals surface area contributed by atoms with Crippen molar-refractivity contribution in [2.75, 3.05) is 10.0 Å². The molecule has 0 aliphatic carbocycles. The van der Waals surface area contributed by atoms with Crippen LogP contribution in [0.15, 0.2) is 60.9 Å². The molecule has 0 aliphatic heterocycles. The number of urea groups is 1. The Labute approximate surface area is 167 Å². The van der Waals surface area contributed by atoms with E-state index in [1.807, 2.05) is 0 Å². The van der Waals surface area contributed by atoms with Crippen LogP contribution in [0.5, 0.6) is 0 Å². The van der Waals surface area contributed by atoms with Crippen molar-refractivity contribution < 1.29 is 13.2 Å². The fourth-order valence-corrected chi connectivity index (χ4v) is 3.81. The summed E-state index contributed by atoms with van der Waals surface area (Å²) in [6.07, 6.45) is 3.30. The number of H-pyrrole nitrogens is 1. The van der Waals surface area contributed by atoms with Gasteiger partial charge >= 0.3 is 6.03 Å². The van der Waals surface area contributed by atoms with Gasteiger partial charge in [-0.15, -0.1) is 0 Å². The van der Waals surface area contributed by atoms with Crippen LogP contribution in [0.25, 0.3) is 0 Å². The molecule has 2 amide bonds. The lowest BCUT2D eigenvalue weighted by Gasteiger charge is -2.10. The molecule has 0 bridgehead atoms. The van der Waals surface area contributed by atoms with Crippen molar-refractivity contribution in [1.29, 1.82) is 0 Å². The lowest BCUT2D eigenvalue weighted by molar-refractivity contribution is 0.251. The van der Waals surface area contributed by atoms with E-state index < -0.39 is 10.0 Å². The highest BCUT2D eigenvalue weighted by atomic mass is 35.5. The summed E-state index contributed by atoms with van der Waals surface area (Å²) in [5, 5.41) is 12.3. The third-order valence-corrected chi connectivity index (χ3v) is 5.16. The van der Waals surface area contributed by atoms with Crippen LogP contribution < -0.4 is 15.4 Å². The first-order chi connectivity index (χ1) is 13.4. The van der Waals surface area contributed by atoms with Gasteiger partial charge in [0.25, 0.3) is 0 Å². The molecule has 0 unspecified atom stereocenters. The van der Waals surface area contributed by atoms with Gasteiger partial charge in [0, 0.05) is 34.7 Å². The maximum atomic E-state index is 12.3. The highest BCUT2D eigenvalue weighted by Gasteiger charge is 2.12. The Morgan fingerprint density at radius 3 is 2.50 bits per heavy atom. The van der Waals surface area contributed by atoms with Crippen LogP contribution in [0.1, 0.15) is 11.1 Å². The van der Waals surface area contributed by atoms with E-state index in [2.05, 4.69) is 25.6 Å². The van der Waals surface area contributed by atoms with Crippen LogP contribution in [0.2, 0.25) is 5.02 Å². The van der Waals surface area contributed by atoms with Crippen molar-refractivity contribution in [3.05, 3.63) is 77.1 Å². The van der Waals surface area contributed by atoms with Crippen LogP contribution in [-0.4, -0.2) is 24.6 Å². The molecule has 0 fully saturated rings. The molecule has 4 N–H and O–H groups in total. The molecular formula is C18H18ClN5O3S. The summed E-state index contributed by atoms with van der Waals surface area (Å²) in [5.74, 6) is -0.190. The van der Waals surface area contributed by atoms with Gasteiger partial charge in [0.1, 0.15) is 0 Å². The molecule has 0 aliphatic rings. The van der Waals surface area contributed by atoms with Crippen molar-refractivity contribution in [3.63, 3.8) is 0 Å². The molecule has 0 atom stereocenters. The maximum absolute atomic E-state index is 12.3. The fourth-order valence-electron chi connectivity index (χ4n) is 2.42. The smallest absolute Gasteiger partial charge is 0.319 e. The number of nitrogens with zero attached hydrogens (tertiary/aromatic N) is 1. The van der Waals surface area contributed by atoms with Crippen LogP contribution in [-0.2, 0) is 22.3 Å². The molecule has 3 rings (SSSR count). The van der Waals surface area contributed by atoms with Gasteiger partial charge in [-0.1, -0.05) is 23.7 Å². The minimum Gasteiger partial charge on any atom is -0.334 e. The van der Waals surface area contributed by atoms with Crippen molar-refractivity contribution in [2.24, 2.45) is 0 Å². The fraction of sp³-hybridized carbons (Fsp3) is 0.111. The molecular weight excluding hydrogens is 402 g/mol. The summed E-state index contributed by atoms with van der Waals surface area (Å²) >= 11 is 5.88. The van der Waals surface area contributed by atoms with E-state index in [0.717, 1.165) is 5.56 Å². The Morgan fingerprint density at radius 2 is 1.82 bits per heavy atom. The van der Waals surface area contributed by atoms with Gasteiger partial charge in [-0.25, -0.2) is 13.2 Å². The first-order valence-electron chi connectivity index (χ1n) is 8.27. The number of carbonyl (C=O) groups is 1. The van der Waals surface area contributed by atoms with E-state index in [4.69, 9.17) is 11.6 Å². The molecule has 0 spiro atoms. The second kappa shape index (κ2) is 8.77. The minimum absolute atomic E-state index is 0.190. The van der Waals surface area contributed by atoms with Gasteiger partial charge in [0.05, 0.1) is 11.9 Å². The second-order valence-corrected chi connectivity index (χ2v) is 8.14. The second-order valence-electron chi connectivity index (χ2n) is 5.98. The molecule has 3 aromatic rings. The van der Waals surface area contributed by atoms with Crippen LogP contribution in [0.3, 0.4) is 0 Å². The van der Waals surface area contributed by atoms with E-state index in [0.29, 0.717) is 28.5 Å². The van der Waals surface area contributed by atoms with E-state index in [1.54, 1.807) is 60.9 Å². The summed E-state index contributed by atoms with van der Waals surface area (Å²) in [5.41, 5.74) is 2.36. The lowest BCUT2D eigenvalue weighted by Crippen LogP contribution is -2.28. The summed E-state index contributed by atoms with van der Waals surface area (Å²) in [7, 11) is -3.59. The van der Waals surface area contributed by atoms with Crippen molar-refractivity contribution in [1.82, 2.24) is 15.5 Å². The van der Waals surface area contributed by atoms with E-state index >= 15 is 0 Å². The van der Waals surface area contributed by atoms with Gasteiger partial charge in [-0.3, -0.25) is 9.82 Å². The first-order valence-corrected chi connectivity index (χ1v) is 10.3. The lowest BCUT2D eigenvalue weighted by atomic mass is 10.2. The van der Waals surface area contributed by atoms with E-state index in [-0.39, 0.29) is 11.8 Å². The summed E-state index contributed by atoms with van der Waals surface area (Å²) < 4.78 is 27.1. The van der Waals surface area contributed by atoms with Gasteiger partial charge in [0.15, 0.2) is 0 Å². The predicted octanol–water partition coefficient (Wildman–Crippen LogP) is 3.33. The zero-order valence-corrected chi connectivity index (χ0v) is 16.2. The average Bonchev–Trinajstić information content (AvgIpc) is 3.14. The minimum atomic E-state index is -3.59. The first kappa shape index (κ1) is 19.7. The Balaban J connectivity index is 1.54. The van der Waals surface area contributed by atoms with Crippen molar-refractivity contribution in [3.8, 4) is 0 Å². The van der Waals surface area contributed by atoms with Gasteiger partial charge in [0.2, 0.25) is 10.0 Å². The Hall–Kier alpha value is -3.04. The van der Waals surface area contributed by atoms with Crippen molar-refractivity contribution in [2.45, 2.75) is 12.3 Å². The quantitative estimate of drug-likeness (QED) is 0.470. The number of halogens is 1. The largest absolute Gasteiger partial charge is 0.334 e. The summed E-state index contributed by atoms with van der Waals surface area (Å²) in [4.78, 5) is 11.9. The molecule has 0 saturated heterocycles. The zero-order chi connectivity index (χ0) is 20.0. The summed E-state index contributed by atoms with van der Waals surface area (Å²) in [6, 6.07) is 12.7. The van der Waals surface area contributed by atoms with E-state index in [9.17, 15) is 13.2 Å². The molecule has 1 aromatic heterocycles. The van der Waals surface area contributed by atoms with Crippen molar-refractivity contribution >= 4 is 39.0 Å². The third kappa shape index (κ3) is 6.00. The topological polar surface area (TPSA) is 116 Å². The molecule has 28 heavy (non-hydrogen) atoms. The molecule has 2 aromatic carbocycles. The van der Waals surface area contributed by atoms with Gasteiger partial charge < -0.3 is 10.6 Å². The number of carbonyl (C=O) groups excluding carboxylic acids is 1. The predicted molar refractivity (Wildman–Crippen MR) is 109 cm³/mol. The van der Waals surface area contributed by atoms with E-state index in [1.165, 1.54) is 0 Å². The molecule has 8 nitrogen and oxygen atoms in total. The number of aromatic amines is 1. The van der Waals surface area contributed by atoms with Crippen LogP contribution >= 0.6 is 11.6 Å². The number of amides is 2. The zero-order valence-electron chi connectivity index (χ0n) is 14.6.